The molecule has 0 aliphatic heterocycles. The molecule has 0 fully saturated rings. The summed E-state index contributed by atoms with van der Waals surface area (Å²) in [5.41, 5.74) is 6.36. The maximum Gasteiger partial charge on any atom is 0.259 e. The number of amides is 1. The number of carbonyl (C=O) groups excluding carboxylic acids is 1. The van der Waals surface area contributed by atoms with Gasteiger partial charge in [-0.1, -0.05) is 11.6 Å². The van der Waals surface area contributed by atoms with Crippen molar-refractivity contribution in [1.82, 2.24) is 0 Å². The van der Waals surface area contributed by atoms with E-state index in [0.29, 0.717) is 16.4 Å². The maximum atomic E-state index is 11.9. The van der Waals surface area contributed by atoms with Crippen molar-refractivity contribution in [3.8, 4) is 11.5 Å². The summed E-state index contributed by atoms with van der Waals surface area (Å²) in [5.74, 6) is -0.899. The van der Waals surface area contributed by atoms with Crippen molar-refractivity contribution < 1.29 is 15.0 Å². The zero-order chi connectivity index (χ0) is 14.0. The van der Waals surface area contributed by atoms with Gasteiger partial charge >= 0.3 is 0 Å². The fraction of sp³-hybridized carbons (Fsp3) is 0. The van der Waals surface area contributed by atoms with Crippen LogP contribution in [0.3, 0.4) is 0 Å². The highest BCUT2D eigenvalue weighted by Gasteiger charge is 2.12. The molecule has 2 rings (SSSR count). The van der Waals surface area contributed by atoms with Crippen LogP contribution in [0.1, 0.15) is 10.4 Å². The molecule has 1 amide bonds. The van der Waals surface area contributed by atoms with E-state index in [0.717, 1.165) is 0 Å². The molecule has 0 saturated carbocycles. The molecule has 98 valence electrons. The van der Waals surface area contributed by atoms with Crippen LogP contribution in [-0.4, -0.2) is 16.1 Å². The molecule has 2 aromatic carbocycles. The average Bonchev–Trinajstić information content (AvgIpc) is 2.36. The van der Waals surface area contributed by atoms with E-state index in [1.165, 1.54) is 24.3 Å². The summed E-state index contributed by atoms with van der Waals surface area (Å²) < 4.78 is 0. The summed E-state index contributed by atoms with van der Waals surface area (Å²) in [7, 11) is 0. The van der Waals surface area contributed by atoms with E-state index >= 15 is 0 Å². The lowest BCUT2D eigenvalue weighted by molar-refractivity contribution is 0.102. The first-order valence-corrected chi connectivity index (χ1v) is 5.73. The molecule has 5 nitrogen and oxygen atoms in total. The second kappa shape index (κ2) is 5.07. The summed E-state index contributed by atoms with van der Waals surface area (Å²) in [6, 6.07) is 8.32. The topological polar surface area (TPSA) is 95.6 Å². The third kappa shape index (κ3) is 2.89. The lowest BCUT2D eigenvalue weighted by Crippen LogP contribution is -2.12. The minimum absolute atomic E-state index is 0.0343. The van der Waals surface area contributed by atoms with Gasteiger partial charge in [-0.25, -0.2) is 0 Å². The second-order valence-electron chi connectivity index (χ2n) is 3.89. The molecule has 0 aliphatic rings. The highest BCUT2D eigenvalue weighted by Crippen LogP contribution is 2.25. The summed E-state index contributed by atoms with van der Waals surface area (Å²) in [4.78, 5) is 11.9. The normalized spacial score (nSPS) is 10.2. The first kappa shape index (κ1) is 13.0. The quantitative estimate of drug-likeness (QED) is 0.501. The Balaban J connectivity index is 2.25. The fourth-order valence-corrected chi connectivity index (χ4v) is 1.69. The number of halogens is 1. The number of nitrogens with two attached hydrogens (primary N) is 1. The number of rotatable bonds is 2. The molecule has 0 saturated heterocycles. The van der Waals surface area contributed by atoms with Crippen molar-refractivity contribution in [2.24, 2.45) is 0 Å². The van der Waals surface area contributed by atoms with Crippen LogP contribution in [0.5, 0.6) is 11.5 Å². The van der Waals surface area contributed by atoms with E-state index in [4.69, 9.17) is 17.3 Å². The van der Waals surface area contributed by atoms with Crippen LogP contribution in [0.25, 0.3) is 0 Å². The molecule has 0 unspecified atom stereocenters. The molecule has 0 spiro atoms. The first-order chi connectivity index (χ1) is 8.97. The van der Waals surface area contributed by atoms with Crippen molar-refractivity contribution in [2.75, 3.05) is 11.1 Å². The lowest BCUT2D eigenvalue weighted by Gasteiger charge is -2.08. The van der Waals surface area contributed by atoms with Crippen LogP contribution in [-0.2, 0) is 0 Å². The van der Waals surface area contributed by atoms with E-state index in [-0.39, 0.29) is 17.1 Å². The van der Waals surface area contributed by atoms with Gasteiger partial charge in [0.1, 0.15) is 11.5 Å². The number of anilines is 2. The minimum atomic E-state index is -0.561. The predicted octanol–water partition coefficient (Wildman–Crippen LogP) is 2.59. The maximum absolute atomic E-state index is 11.9. The Morgan fingerprint density at radius 2 is 1.89 bits per heavy atom. The molecule has 0 aromatic heterocycles. The smallest absolute Gasteiger partial charge is 0.259 e. The standard InChI is InChI=1S/C13H11ClN2O3/c14-10-5-7(1-3-11(10)15)16-13(19)9-6-8(17)2-4-12(9)18/h1-6,17-18H,15H2,(H,16,19). The fourth-order valence-electron chi connectivity index (χ4n) is 1.51. The van der Waals surface area contributed by atoms with Crippen molar-refractivity contribution in [3.05, 3.63) is 47.0 Å². The van der Waals surface area contributed by atoms with Gasteiger partial charge in [0.15, 0.2) is 0 Å². The molecular weight excluding hydrogens is 268 g/mol. The van der Waals surface area contributed by atoms with Gasteiger partial charge in [-0.05, 0) is 36.4 Å². The Hall–Kier alpha value is -2.40. The van der Waals surface area contributed by atoms with E-state index in [1.807, 2.05) is 0 Å². The molecule has 0 atom stereocenters. The number of aromatic hydroxyl groups is 2. The van der Waals surface area contributed by atoms with Crippen LogP contribution in [0.2, 0.25) is 5.02 Å². The number of carbonyl (C=O) groups is 1. The number of phenolic OH excluding ortho intramolecular Hbond substituents is 2. The van der Waals surface area contributed by atoms with Gasteiger partial charge in [0.25, 0.3) is 5.91 Å². The number of nitrogens with one attached hydrogen (secondary N) is 1. The van der Waals surface area contributed by atoms with Gasteiger partial charge < -0.3 is 21.3 Å². The van der Waals surface area contributed by atoms with E-state index in [2.05, 4.69) is 5.32 Å². The van der Waals surface area contributed by atoms with Crippen LogP contribution >= 0.6 is 11.6 Å². The van der Waals surface area contributed by atoms with Crippen molar-refractivity contribution in [1.29, 1.82) is 0 Å². The van der Waals surface area contributed by atoms with Gasteiger partial charge in [-0.2, -0.15) is 0 Å². The minimum Gasteiger partial charge on any atom is -0.508 e. The average molecular weight is 279 g/mol. The van der Waals surface area contributed by atoms with Crippen LogP contribution in [0, 0.1) is 0 Å². The Bertz CT molecular complexity index is 644. The Kier molecular flexibility index (Phi) is 3.48. The summed E-state index contributed by atoms with van der Waals surface area (Å²) >= 11 is 5.83. The third-order valence-electron chi connectivity index (χ3n) is 2.48. The molecule has 2 aromatic rings. The van der Waals surface area contributed by atoms with Crippen LogP contribution in [0.15, 0.2) is 36.4 Å². The largest absolute Gasteiger partial charge is 0.508 e. The number of nitrogen functional groups attached to an aromatic ring is 1. The molecule has 5 N–H and O–H groups in total. The monoisotopic (exact) mass is 278 g/mol. The zero-order valence-corrected chi connectivity index (χ0v) is 10.5. The van der Waals surface area contributed by atoms with E-state index in [1.54, 1.807) is 12.1 Å². The molecule has 0 radical (unpaired) electrons. The van der Waals surface area contributed by atoms with Gasteiger partial charge in [0.2, 0.25) is 0 Å². The van der Waals surface area contributed by atoms with E-state index in [9.17, 15) is 15.0 Å². The number of benzene rings is 2. The second-order valence-corrected chi connectivity index (χ2v) is 4.30. The number of hydrogen-bond donors (Lipinski definition) is 4. The van der Waals surface area contributed by atoms with Crippen LogP contribution in [0.4, 0.5) is 11.4 Å². The van der Waals surface area contributed by atoms with Gasteiger partial charge in [-0.15, -0.1) is 0 Å². The first-order valence-electron chi connectivity index (χ1n) is 5.36. The van der Waals surface area contributed by atoms with Gasteiger partial charge in [0.05, 0.1) is 16.3 Å². The van der Waals surface area contributed by atoms with Crippen molar-refractivity contribution >= 4 is 28.9 Å². The lowest BCUT2D eigenvalue weighted by atomic mass is 10.1. The Morgan fingerprint density at radius 3 is 2.58 bits per heavy atom. The molecule has 19 heavy (non-hydrogen) atoms. The van der Waals surface area contributed by atoms with E-state index < -0.39 is 5.91 Å². The Labute approximate surface area is 114 Å². The molecule has 6 heteroatoms. The molecule has 0 bridgehead atoms. The number of hydrogen-bond acceptors (Lipinski definition) is 4. The predicted molar refractivity (Wildman–Crippen MR) is 73.6 cm³/mol. The SMILES string of the molecule is Nc1ccc(NC(=O)c2cc(O)ccc2O)cc1Cl. The summed E-state index contributed by atoms with van der Waals surface area (Å²) in [6.07, 6.45) is 0. The highest BCUT2D eigenvalue weighted by atomic mass is 35.5. The molecule has 0 heterocycles. The van der Waals surface area contributed by atoms with Gasteiger partial charge in [0, 0.05) is 5.69 Å². The number of phenols is 2. The Morgan fingerprint density at radius 1 is 1.16 bits per heavy atom. The zero-order valence-electron chi connectivity index (χ0n) is 9.72. The molecular formula is C13H11ClN2O3. The van der Waals surface area contributed by atoms with Crippen LogP contribution < -0.4 is 11.1 Å². The van der Waals surface area contributed by atoms with Gasteiger partial charge in [-0.3, -0.25) is 4.79 Å². The highest BCUT2D eigenvalue weighted by molar-refractivity contribution is 6.33. The van der Waals surface area contributed by atoms with Crippen molar-refractivity contribution in [2.45, 2.75) is 0 Å². The summed E-state index contributed by atoms with van der Waals surface area (Å²) in [6.45, 7) is 0. The summed E-state index contributed by atoms with van der Waals surface area (Å²) in [5, 5.41) is 21.7. The third-order valence-corrected chi connectivity index (χ3v) is 2.81. The molecule has 0 aliphatic carbocycles. The van der Waals surface area contributed by atoms with Crippen molar-refractivity contribution in [3.63, 3.8) is 0 Å².